The number of anilines is 1. The van der Waals surface area contributed by atoms with Gasteiger partial charge in [-0.05, 0) is 23.3 Å². The van der Waals surface area contributed by atoms with Gasteiger partial charge >= 0.3 is 0 Å². The number of hydrogen-bond donors (Lipinski definition) is 3. The maximum Gasteiger partial charge on any atom is 0.0500 e. The van der Waals surface area contributed by atoms with E-state index in [1.54, 1.807) is 0 Å². The Bertz CT molecular complexity index is 549. The lowest BCUT2D eigenvalue weighted by Crippen LogP contribution is -2.32. The van der Waals surface area contributed by atoms with E-state index in [-0.39, 0.29) is 18.1 Å². The lowest BCUT2D eigenvalue weighted by atomic mass is 9.82. The first-order chi connectivity index (χ1) is 10.0. The summed E-state index contributed by atoms with van der Waals surface area (Å²) in [5.74, 6) is 0. The Hall–Kier alpha value is -1.84. The predicted molar refractivity (Wildman–Crippen MR) is 88.0 cm³/mol. The maximum absolute atomic E-state index is 9.40. The Balaban J connectivity index is 1.99. The number of rotatable bonds is 6. The molecule has 0 aromatic heterocycles. The van der Waals surface area contributed by atoms with Crippen LogP contribution in [0.5, 0.6) is 0 Å². The van der Waals surface area contributed by atoms with E-state index < -0.39 is 0 Å². The van der Waals surface area contributed by atoms with Gasteiger partial charge in [-0.1, -0.05) is 56.3 Å². The molecule has 2 aromatic carbocycles. The van der Waals surface area contributed by atoms with Gasteiger partial charge in [0.2, 0.25) is 0 Å². The molecule has 112 valence electrons. The van der Waals surface area contributed by atoms with Gasteiger partial charge in [0, 0.05) is 30.3 Å². The van der Waals surface area contributed by atoms with E-state index >= 15 is 0 Å². The van der Waals surface area contributed by atoms with Crippen molar-refractivity contribution >= 4 is 5.69 Å². The van der Waals surface area contributed by atoms with Gasteiger partial charge in [0.25, 0.3) is 0 Å². The fourth-order valence-corrected chi connectivity index (χ4v) is 2.16. The molecule has 0 spiro atoms. The molecule has 0 aliphatic heterocycles. The molecule has 21 heavy (non-hydrogen) atoms. The normalized spacial score (nSPS) is 13.0. The molecule has 0 unspecified atom stereocenters. The highest BCUT2D eigenvalue weighted by Crippen LogP contribution is 2.31. The summed E-state index contributed by atoms with van der Waals surface area (Å²) in [7, 11) is 0. The Morgan fingerprint density at radius 1 is 1.05 bits per heavy atom. The summed E-state index contributed by atoms with van der Waals surface area (Å²) in [4.78, 5) is 0. The highest BCUT2D eigenvalue weighted by Gasteiger charge is 2.26. The minimum absolute atomic E-state index is 0.0716. The minimum atomic E-state index is -0.320. The van der Waals surface area contributed by atoms with Crippen LogP contribution in [0.1, 0.15) is 31.0 Å². The lowest BCUT2D eigenvalue weighted by molar-refractivity contribution is 0.132. The highest BCUT2D eigenvalue weighted by molar-refractivity contribution is 5.45. The molecule has 0 heterocycles. The second kappa shape index (κ2) is 6.74. The monoisotopic (exact) mass is 284 g/mol. The van der Waals surface area contributed by atoms with E-state index in [0.717, 1.165) is 17.8 Å². The molecular weight excluding hydrogens is 260 g/mol. The molecule has 3 heteroatoms. The Labute approximate surface area is 126 Å². The Morgan fingerprint density at radius 3 is 2.24 bits per heavy atom. The number of nitrogens with one attached hydrogen (secondary N) is 1. The maximum atomic E-state index is 9.40. The van der Waals surface area contributed by atoms with Crippen molar-refractivity contribution in [2.24, 2.45) is 11.1 Å². The second-order valence-electron chi connectivity index (χ2n) is 6.09. The van der Waals surface area contributed by atoms with Crippen molar-refractivity contribution in [2.75, 3.05) is 11.9 Å². The third-order valence-electron chi connectivity index (χ3n) is 3.86. The van der Waals surface area contributed by atoms with Crippen LogP contribution in [-0.4, -0.2) is 11.7 Å². The van der Waals surface area contributed by atoms with Gasteiger partial charge in [0.05, 0.1) is 0 Å². The molecule has 0 radical (unpaired) electrons. The third-order valence-corrected chi connectivity index (χ3v) is 3.86. The first-order valence-electron chi connectivity index (χ1n) is 7.27. The SMILES string of the molecule is CC(C)(CO)[C@@H](N)c1ccc(NCc2ccccc2)cc1. The van der Waals surface area contributed by atoms with Crippen LogP contribution in [0.2, 0.25) is 0 Å². The summed E-state index contributed by atoms with van der Waals surface area (Å²) in [5, 5.41) is 12.8. The second-order valence-corrected chi connectivity index (χ2v) is 6.09. The van der Waals surface area contributed by atoms with Crippen LogP contribution in [0.25, 0.3) is 0 Å². The van der Waals surface area contributed by atoms with Gasteiger partial charge in [-0.15, -0.1) is 0 Å². The molecule has 0 aliphatic rings. The molecule has 1 atom stereocenters. The van der Waals surface area contributed by atoms with E-state index in [9.17, 15) is 5.11 Å². The van der Waals surface area contributed by atoms with Crippen molar-refractivity contribution in [1.29, 1.82) is 0 Å². The van der Waals surface area contributed by atoms with Crippen LogP contribution in [0.3, 0.4) is 0 Å². The summed E-state index contributed by atoms with van der Waals surface area (Å²) in [6.07, 6.45) is 0. The quantitative estimate of drug-likeness (QED) is 0.762. The summed E-state index contributed by atoms with van der Waals surface area (Å²) >= 11 is 0. The fourth-order valence-electron chi connectivity index (χ4n) is 2.16. The van der Waals surface area contributed by atoms with E-state index in [0.29, 0.717) is 0 Å². The van der Waals surface area contributed by atoms with Gasteiger partial charge in [0.1, 0.15) is 0 Å². The highest BCUT2D eigenvalue weighted by atomic mass is 16.3. The van der Waals surface area contributed by atoms with E-state index in [4.69, 9.17) is 5.73 Å². The van der Waals surface area contributed by atoms with Crippen molar-refractivity contribution in [2.45, 2.75) is 26.4 Å². The molecule has 0 amide bonds. The number of aliphatic hydroxyl groups is 1. The van der Waals surface area contributed by atoms with Gasteiger partial charge < -0.3 is 16.2 Å². The Morgan fingerprint density at radius 2 is 1.67 bits per heavy atom. The molecule has 0 saturated carbocycles. The third kappa shape index (κ3) is 4.06. The van der Waals surface area contributed by atoms with Gasteiger partial charge in [-0.2, -0.15) is 0 Å². The number of nitrogens with two attached hydrogens (primary N) is 1. The molecular formula is C18H24N2O. The Kier molecular flexibility index (Phi) is 4.99. The number of aliphatic hydroxyl groups excluding tert-OH is 1. The zero-order valence-corrected chi connectivity index (χ0v) is 12.7. The minimum Gasteiger partial charge on any atom is -0.396 e. The lowest BCUT2D eigenvalue weighted by Gasteiger charge is -2.29. The molecule has 4 N–H and O–H groups in total. The van der Waals surface area contributed by atoms with Crippen molar-refractivity contribution in [3.8, 4) is 0 Å². The van der Waals surface area contributed by atoms with Gasteiger partial charge in [0.15, 0.2) is 0 Å². The number of hydrogen-bond acceptors (Lipinski definition) is 3. The van der Waals surface area contributed by atoms with Crippen LogP contribution >= 0.6 is 0 Å². The first kappa shape index (κ1) is 15.5. The zero-order valence-electron chi connectivity index (χ0n) is 12.7. The van der Waals surface area contributed by atoms with Crippen LogP contribution in [-0.2, 0) is 6.54 Å². The fraction of sp³-hybridized carbons (Fsp3) is 0.333. The van der Waals surface area contributed by atoms with Gasteiger partial charge in [-0.25, -0.2) is 0 Å². The average molecular weight is 284 g/mol. The van der Waals surface area contributed by atoms with Crippen molar-refractivity contribution < 1.29 is 5.11 Å². The van der Waals surface area contributed by atoms with Crippen molar-refractivity contribution in [3.63, 3.8) is 0 Å². The summed E-state index contributed by atoms with van der Waals surface area (Å²) < 4.78 is 0. The van der Waals surface area contributed by atoms with Crippen LogP contribution in [0.15, 0.2) is 54.6 Å². The van der Waals surface area contributed by atoms with E-state index in [1.165, 1.54) is 5.56 Å². The smallest absolute Gasteiger partial charge is 0.0500 e. The van der Waals surface area contributed by atoms with E-state index in [2.05, 4.69) is 17.4 Å². The van der Waals surface area contributed by atoms with Crippen molar-refractivity contribution in [1.82, 2.24) is 0 Å². The molecule has 2 rings (SSSR count). The predicted octanol–water partition coefficient (Wildman–Crippen LogP) is 3.32. The van der Waals surface area contributed by atoms with E-state index in [1.807, 2.05) is 56.3 Å². The average Bonchev–Trinajstić information content (AvgIpc) is 2.53. The molecule has 0 saturated heterocycles. The number of benzene rings is 2. The summed E-state index contributed by atoms with van der Waals surface area (Å²) in [6.45, 7) is 4.81. The largest absolute Gasteiger partial charge is 0.396 e. The molecule has 0 aliphatic carbocycles. The van der Waals surface area contributed by atoms with Crippen molar-refractivity contribution in [3.05, 3.63) is 65.7 Å². The van der Waals surface area contributed by atoms with Crippen LogP contribution in [0.4, 0.5) is 5.69 Å². The molecule has 2 aromatic rings. The molecule has 0 bridgehead atoms. The van der Waals surface area contributed by atoms with Crippen LogP contribution in [0, 0.1) is 5.41 Å². The standard InChI is InChI=1S/C18H24N2O/c1-18(2,13-21)17(19)15-8-10-16(11-9-15)20-12-14-6-4-3-5-7-14/h3-11,17,20-21H,12-13,19H2,1-2H3/t17-/m0/s1. The first-order valence-corrected chi connectivity index (χ1v) is 7.27. The topological polar surface area (TPSA) is 58.3 Å². The van der Waals surface area contributed by atoms with Crippen LogP contribution < -0.4 is 11.1 Å². The molecule has 3 nitrogen and oxygen atoms in total. The summed E-state index contributed by atoms with van der Waals surface area (Å²) in [6, 6.07) is 18.2. The molecule has 0 fully saturated rings. The zero-order chi connectivity index (χ0) is 15.3. The summed E-state index contributed by atoms with van der Waals surface area (Å²) in [5.41, 5.74) is 9.25. The van der Waals surface area contributed by atoms with Gasteiger partial charge in [-0.3, -0.25) is 0 Å².